The van der Waals surface area contributed by atoms with Gasteiger partial charge in [0.25, 0.3) is 0 Å². The van der Waals surface area contributed by atoms with E-state index in [0.29, 0.717) is 57.6 Å². The van der Waals surface area contributed by atoms with Crippen LogP contribution in [0.15, 0.2) is 48.5 Å². The first-order valence-electron chi connectivity index (χ1n) is 17.5. The van der Waals surface area contributed by atoms with Crippen molar-refractivity contribution in [1.29, 1.82) is 0 Å². The zero-order valence-corrected chi connectivity index (χ0v) is 31.3. The molecule has 2 unspecified atom stereocenters. The summed E-state index contributed by atoms with van der Waals surface area (Å²) in [6, 6.07) is 18.0. The summed E-state index contributed by atoms with van der Waals surface area (Å²) in [5.74, 6) is 1.83. The van der Waals surface area contributed by atoms with Crippen molar-refractivity contribution < 1.29 is 28.0 Å². The summed E-state index contributed by atoms with van der Waals surface area (Å²) in [5.41, 5.74) is 5.29. The molecule has 0 saturated heterocycles. The maximum atomic E-state index is 12.4. The van der Waals surface area contributed by atoms with Crippen molar-refractivity contribution in [2.45, 2.75) is 93.2 Å². The van der Waals surface area contributed by atoms with Crippen LogP contribution in [0.4, 0.5) is 0 Å². The van der Waals surface area contributed by atoms with E-state index >= 15 is 0 Å². The number of hydrogen-bond acceptors (Lipinski definition) is 4. The number of benzene rings is 2. The number of likely N-dealkylation sites (N-methyl/N-ethyl adjacent to an activating group) is 2. The van der Waals surface area contributed by atoms with Crippen molar-refractivity contribution in [2.24, 2.45) is 23.7 Å². The summed E-state index contributed by atoms with van der Waals surface area (Å²) in [4.78, 5) is 24.7. The number of quaternary nitrogens is 2. The molecular weight excluding hydrogens is 572 g/mol. The molecule has 0 aromatic heterocycles. The van der Waals surface area contributed by atoms with Gasteiger partial charge in [-0.3, -0.25) is 0 Å². The summed E-state index contributed by atoms with van der Waals surface area (Å²) in [7, 11) is 8.43. The van der Waals surface area contributed by atoms with E-state index in [9.17, 15) is 9.59 Å². The minimum Gasteiger partial charge on any atom is -0.451 e. The molecule has 46 heavy (non-hydrogen) atoms. The van der Waals surface area contributed by atoms with Gasteiger partial charge in [0.1, 0.15) is 39.4 Å². The van der Waals surface area contributed by atoms with Crippen LogP contribution in [0, 0.1) is 23.7 Å². The average molecular weight is 639 g/mol. The maximum absolute atomic E-state index is 12.4. The van der Waals surface area contributed by atoms with Gasteiger partial charge in [0.2, 0.25) is 0 Å². The van der Waals surface area contributed by atoms with Crippen LogP contribution in [0.25, 0.3) is 0 Å². The molecule has 0 fully saturated rings. The van der Waals surface area contributed by atoms with Gasteiger partial charge in [0, 0.05) is 11.1 Å². The molecule has 0 radical (unpaired) electrons. The van der Waals surface area contributed by atoms with E-state index in [1.54, 1.807) is 0 Å². The minimum absolute atomic E-state index is 0.162. The Labute approximate surface area is 281 Å². The van der Waals surface area contributed by atoms with Crippen LogP contribution in [-0.2, 0) is 32.2 Å². The normalized spacial score (nSPS) is 13.8. The number of hydrogen-bond donors (Lipinski definition) is 0. The van der Waals surface area contributed by atoms with E-state index in [-0.39, 0.29) is 13.2 Å². The van der Waals surface area contributed by atoms with E-state index in [1.807, 2.05) is 0 Å². The highest BCUT2D eigenvalue weighted by atomic mass is 16.6. The summed E-state index contributed by atoms with van der Waals surface area (Å²) in [5, 5.41) is 0. The first-order valence-corrected chi connectivity index (χ1v) is 17.5. The van der Waals surface area contributed by atoms with E-state index in [0.717, 1.165) is 13.1 Å². The Balaban J connectivity index is 1.78. The van der Waals surface area contributed by atoms with Gasteiger partial charge < -0.3 is 18.4 Å². The number of nitrogens with zero attached hydrogens (tertiary/aromatic N) is 2. The lowest BCUT2D eigenvalue weighted by Crippen LogP contribution is -2.43. The Kier molecular flexibility index (Phi) is 15.5. The Morgan fingerprint density at radius 3 is 1.11 bits per heavy atom. The molecule has 0 saturated carbocycles. The average Bonchev–Trinajstić information content (AvgIpc) is 2.94. The first kappa shape index (κ1) is 39.5. The molecule has 0 aliphatic rings. The molecule has 2 aromatic carbocycles. The predicted molar refractivity (Wildman–Crippen MR) is 190 cm³/mol. The summed E-state index contributed by atoms with van der Waals surface area (Å²) >= 11 is 0. The van der Waals surface area contributed by atoms with Gasteiger partial charge in [-0.25, -0.2) is 9.59 Å². The lowest BCUT2D eigenvalue weighted by atomic mass is 9.82. The molecule has 2 aromatic rings. The molecule has 6 nitrogen and oxygen atoms in total. The van der Waals surface area contributed by atoms with Gasteiger partial charge in [-0.1, -0.05) is 104 Å². The molecular formula is C40H66N2O4+2. The highest BCUT2D eigenvalue weighted by Crippen LogP contribution is 2.32. The van der Waals surface area contributed by atoms with Crippen LogP contribution in [0.3, 0.4) is 0 Å². The largest absolute Gasteiger partial charge is 0.451 e. The molecule has 6 heteroatoms. The molecule has 0 N–H and O–H groups in total. The third-order valence-corrected chi connectivity index (χ3v) is 9.12. The molecule has 2 rings (SSSR count). The van der Waals surface area contributed by atoms with Crippen molar-refractivity contribution in [3.8, 4) is 0 Å². The van der Waals surface area contributed by atoms with Crippen LogP contribution in [0.5, 0.6) is 0 Å². The smallest absolute Gasteiger partial charge is 0.417 e. The minimum atomic E-state index is -0.920. The second-order valence-electron chi connectivity index (χ2n) is 16.4. The predicted octanol–water partition coefficient (Wildman–Crippen LogP) is 8.20. The number of carbonyl (C=O) groups excluding carboxylic acids is 2. The standard InChI is InChI=1S/C40H66N2O4/c1-29(2)25-37(31(5)6)35-17-13-33(14-18-35)27-41(9,10)21-23-45-39(43)40(44)46-24-22-42(11,12)28-34-15-19-36(20-16-34)38(32(7)8)26-30(3)4/h13-20,29-32,37-38H,21-28H2,1-12H3/q+2. The molecule has 0 heterocycles. The topological polar surface area (TPSA) is 52.6 Å². The van der Waals surface area contributed by atoms with Gasteiger partial charge >= 0.3 is 11.9 Å². The monoisotopic (exact) mass is 639 g/mol. The Morgan fingerprint density at radius 1 is 0.543 bits per heavy atom. The van der Waals surface area contributed by atoms with Gasteiger partial charge in [0.05, 0.1) is 28.2 Å². The number of ether oxygens (including phenoxy) is 2. The summed E-state index contributed by atoms with van der Waals surface area (Å²) in [6.07, 6.45) is 2.38. The number of carbonyl (C=O) groups is 2. The third-order valence-electron chi connectivity index (χ3n) is 9.12. The molecule has 0 aliphatic heterocycles. The fourth-order valence-electron chi connectivity index (χ4n) is 6.38. The highest BCUT2D eigenvalue weighted by molar-refractivity contribution is 6.29. The second kappa shape index (κ2) is 18.0. The van der Waals surface area contributed by atoms with E-state index in [4.69, 9.17) is 9.47 Å². The Bertz CT molecular complexity index is 1100. The fourth-order valence-corrected chi connectivity index (χ4v) is 6.38. The van der Waals surface area contributed by atoms with Crippen LogP contribution >= 0.6 is 0 Å². The second-order valence-corrected chi connectivity index (χ2v) is 16.4. The highest BCUT2D eigenvalue weighted by Gasteiger charge is 2.24. The van der Waals surface area contributed by atoms with Crippen LogP contribution in [-0.4, -0.2) is 75.4 Å². The zero-order chi connectivity index (χ0) is 34.7. The third kappa shape index (κ3) is 14.0. The summed E-state index contributed by atoms with van der Waals surface area (Å²) < 4.78 is 11.9. The van der Waals surface area contributed by atoms with E-state index < -0.39 is 11.9 Å². The molecule has 0 spiro atoms. The lowest BCUT2D eigenvalue weighted by Gasteiger charge is -2.30. The van der Waals surface area contributed by atoms with Crippen molar-refractivity contribution in [3.63, 3.8) is 0 Å². The van der Waals surface area contributed by atoms with Gasteiger partial charge in [-0.05, 0) is 59.5 Å². The van der Waals surface area contributed by atoms with Gasteiger partial charge in [-0.15, -0.1) is 0 Å². The lowest BCUT2D eigenvalue weighted by molar-refractivity contribution is -0.903. The van der Waals surface area contributed by atoms with Crippen molar-refractivity contribution >= 4 is 11.9 Å². The fraction of sp³-hybridized carbons (Fsp3) is 0.650. The van der Waals surface area contributed by atoms with Crippen molar-refractivity contribution in [1.82, 2.24) is 0 Å². The zero-order valence-electron chi connectivity index (χ0n) is 31.3. The molecule has 0 bridgehead atoms. The summed E-state index contributed by atoms with van der Waals surface area (Å²) in [6.45, 7) is 21.5. The van der Waals surface area contributed by atoms with Crippen LogP contribution in [0.1, 0.15) is 102 Å². The Morgan fingerprint density at radius 2 is 0.848 bits per heavy atom. The SMILES string of the molecule is CC(C)CC(c1ccc(C[N+](C)(C)CCOC(=O)C(=O)OCC[N+](C)(C)Cc2ccc(C(CC(C)C)C(C)C)cc2)cc1)C(C)C. The number of rotatable bonds is 18. The molecule has 258 valence electrons. The van der Waals surface area contributed by atoms with Crippen LogP contribution < -0.4 is 0 Å². The Hall–Kier alpha value is -2.70. The molecule has 0 aliphatic carbocycles. The molecule has 2 atom stereocenters. The van der Waals surface area contributed by atoms with E-state index in [2.05, 4.69) is 132 Å². The van der Waals surface area contributed by atoms with Crippen molar-refractivity contribution in [2.75, 3.05) is 54.5 Å². The van der Waals surface area contributed by atoms with E-state index in [1.165, 1.54) is 35.1 Å². The number of esters is 2. The van der Waals surface area contributed by atoms with Crippen LogP contribution in [0.2, 0.25) is 0 Å². The quantitative estimate of drug-likeness (QED) is 0.0939. The maximum Gasteiger partial charge on any atom is 0.417 e. The van der Waals surface area contributed by atoms with Crippen molar-refractivity contribution in [3.05, 3.63) is 70.8 Å². The first-order chi connectivity index (χ1) is 21.4. The van der Waals surface area contributed by atoms with Gasteiger partial charge in [0.15, 0.2) is 0 Å². The van der Waals surface area contributed by atoms with Gasteiger partial charge in [-0.2, -0.15) is 0 Å². The molecule has 0 amide bonds.